The van der Waals surface area contributed by atoms with Gasteiger partial charge in [-0.25, -0.2) is 0 Å². The van der Waals surface area contributed by atoms with Gasteiger partial charge in [-0.15, -0.1) is 0 Å². The first-order chi connectivity index (χ1) is 9.52. The van der Waals surface area contributed by atoms with E-state index in [0.717, 1.165) is 24.8 Å². The summed E-state index contributed by atoms with van der Waals surface area (Å²) in [4.78, 5) is 26.2. The molecule has 4 nitrogen and oxygen atoms in total. The van der Waals surface area contributed by atoms with E-state index in [-0.39, 0.29) is 24.4 Å². The van der Waals surface area contributed by atoms with Crippen LogP contribution in [0.15, 0.2) is 0 Å². The first kappa shape index (κ1) is 13.9. The summed E-state index contributed by atoms with van der Waals surface area (Å²) in [5.41, 5.74) is 0. The zero-order valence-electron chi connectivity index (χ0n) is 12.6. The van der Waals surface area contributed by atoms with Crippen molar-refractivity contribution in [2.75, 3.05) is 13.1 Å². The number of nitrogens with zero attached hydrogens (tertiary/aromatic N) is 1. The van der Waals surface area contributed by atoms with Gasteiger partial charge in [0.25, 0.3) is 0 Å². The molecule has 1 N–H and O–H groups in total. The summed E-state index contributed by atoms with van der Waals surface area (Å²) in [6, 6.07) is -0.296. The zero-order chi connectivity index (χ0) is 14.3. The molecule has 4 heteroatoms. The average Bonchev–Trinajstić information content (AvgIpc) is 2.96. The molecule has 1 aliphatic heterocycles. The standard InChI is InChI=1S/C16H26N2O2/c1-10(2)5-14-16(20)18(9-15(19)17-14)8-13-7-11-3-4-12(13)6-11/h10-14H,3-9H2,1-2H3,(H,17,19). The number of rotatable bonds is 4. The van der Waals surface area contributed by atoms with E-state index in [9.17, 15) is 9.59 Å². The Balaban J connectivity index is 1.62. The SMILES string of the molecule is CC(C)CC1NC(=O)CN(CC2CC3CCC2C3)C1=O. The quantitative estimate of drug-likeness (QED) is 0.852. The molecule has 4 unspecified atom stereocenters. The van der Waals surface area contributed by atoms with Crippen LogP contribution in [0, 0.1) is 23.7 Å². The van der Waals surface area contributed by atoms with Crippen molar-refractivity contribution in [3.05, 3.63) is 0 Å². The molecular weight excluding hydrogens is 252 g/mol. The smallest absolute Gasteiger partial charge is 0.245 e. The summed E-state index contributed by atoms with van der Waals surface area (Å²) in [6.45, 7) is 5.26. The van der Waals surface area contributed by atoms with Crippen LogP contribution < -0.4 is 5.32 Å². The number of hydrogen-bond acceptors (Lipinski definition) is 2. The lowest BCUT2D eigenvalue weighted by atomic mass is 9.88. The lowest BCUT2D eigenvalue weighted by Gasteiger charge is -2.36. The normalized spacial score (nSPS) is 36.9. The number of fused-ring (bicyclic) bond motifs is 2. The van der Waals surface area contributed by atoms with Gasteiger partial charge in [-0.05, 0) is 49.4 Å². The average molecular weight is 278 g/mol. The van der Waals surface area contributed by atoms with E-state index in [0.29, 0.717) is 11.8 Å². The minimum Gasteiger partial charge on any atom is -0.343 e. The topological polar surface area (TPSA) is 49.4 Å². The summed E-state index contributed by atoms with van der Waals surface area (Å²) >= 11 is 0. The Labute approximate surface area is 121 Å². The Morgan fingerprint density at radius 1 is 1.25 bits per heavy atom. The van der Waals surface area contributed by atoms with E-state index in [1.54, 1.807) is 0 Å². The van der Waals surface area contributed by atoms with Gasteiger partial charge in [0.1, 0.15) is 6.04 Å². The molecule has 2 saturated carbocycles. The fourth-order valence-electron chi connectivity index (χ4n) is 4.44. The van der Waals surface area contributed by atoms with Crippen molar-refractivity contribution >= 4 is 11.8 Å². The van der Waals surface area contributed by atoms with Crippen molar-refractivity contribution in [1.29, 1.82) is 0 Å². The fraction of sp³-hybridized carbons (Fsp3) is 0.875. The van der Waals surface area contributed by atoms with Crippen LogP contribution in [0.25, 0.3) is 0 Å². The summed E-state index contributed by atoms with van der Waals surface area (Å²) in [7, 11) is 0. The predicted octanol–water partition coefficient (Wildman–Crippen LogP) is 1.80. The third kappa shape index (κ3) is 2.70. The number of carbonyl (C=O) groups is 2. The Morgan fingerprint density at radius 2 is 2.05 bits per heavy atom. The first-order valence-electron chi connectivity index (χ1n) is 8.11. The largest absolute Gasteiger partial charge is 0.343 e. The van der Waals surface area contributed by atoms with Gasteiger partial charge in [0, 0.05) is 6.54 Å². The van der Waals surface area contributed by atoms with Crippen LogP contribution >= 0.6 is 0 Å². The van der Waals surface area contributed by atoms with E-state index >= 15 is 0 Å². The molecule has 4 atom stereocenters. The van der Waals surface area contributed by atoms with Crippen LogP contribution in [0.5, 0.6) is 0 Å². The lowest BCUT2D eigenvalue weighted by molar-refractivity contribution is -0.145. The molecule has 3 fully saturated rings. The van der Waals surface area contributed by atoms with E-state index < -0.39 is 0 Å². The second kappa shape index (κ2) is 5.38. The van der Waals surface area contributed by atoms with Crippen LogP contribution in [0.4, 0.5) is 0 Å². The molecule has 0 radical (unpaired) electrons. The van der Waals surface area contributed by atoms with Crippen molar-refractivity contribution in [3.8, 4) is 0 Å². The van der Waals surface area contributed by atoms with Crippen molar-refractivity contribution < 1.29 is 9.59 Å². The van der Waals surface area contributed by atoms with Gasteiger partial charge in [0.15, 0.2) is 0 Å². The highest BCUT2D eigenvalue weighted by molar-refractivity contribution is 5.94. The number of piperazine rings is 1. The molecule has 0 spiro atoms. The highest BCUT2D eigenvalue weighted by Gasteiger charge is 2.42. The number of hydrogen-bond donors (Lipinski definition) is 1. The maximum atomic E-state index is 12.5. The monoisotopic (exact) mass is 278 g/mol. The number of nitrogens with one attached hydrogen (secondary N) is 1. The van der Waals surface area contributed by atoms with E-state index in [4.69, 9.17) is 0 Å². The maximum Gasteiger partial charge on any atom is 0.245 e. The van der Waals surface area contributed by atoms with Gasteiger partial charge >= 0.3 is 0 Å². The molecule has 3 rings (SSSR count). The van der Waals surface area contributed by atoms with Gasteiger partial charge in [-0.2, -0.15) is 0 Å². The Bertz CT molecular complexity index is 407. The van der Waals surface area contributed by atoms with Gasteiger partial charge in [0.2, 0.25) is 11.8 Å². The van der Waals surface area contributed by atoms with Crippen molar-refractivity contribution in [2.45, 2.75) is 52.0 Å². The summed E-state index contributed by atoms with van der Waals surface area (Å²) in [6.07, 6.45) is 6.08. The molecule has 2 aliphatic carbocycles. The molecule has 0 aromatic heterocycles. The molecule has 0 aromatic rings. The van der Waals surface area contributed by atoms with Gasteiger partial charge < -0.3 is 10.2 Å². The minimum absolute atomic E-state index is 0.0124. The van der Waals surface area contributed by atoms with Crippen LogP contribution in [-0.4, -0.2) is 35.8 Å². The first-order valence-corrected chi connectivity index (χ1v) is 8.11. The van der Waals surface area contributed by atoms with E-state index in [2.05, 4.69) is 19.2 Å². The number of carbonyl (C=O) groups excluding carboxylic acids is 2. The van der Waals surface area contributed by atoms with Gasteiger partial charge in [0.05, 0.1) is 6.54 Å². The van der Waals surface area contributed by atoms with Gasteiger partial charge in [-0.3, -0.25) is 9.59 Å². The highest BCUT2D eigenvalue weighted by atomic mass is 16.2. The van der Waals surface area contributed by atoms with Crippen molar-refractivity contribution in [1.82, 2.24) is 10.2 Å². The van der Waals surface area contributed by atoms with E-state index in [1.165, 1.54) is 25.7 Å². The van der Waals surface area contributed by atoms with Crippen LogP contribution in [0.1, 0.15) is 46.0 Å². The third-order valence-electron chi connectivity index (χ3n) is 5.33. The molecule has 2 amide bonds. The van der Waals surface area contributed by atoms with Crippen LogP contribution in [-0.2, 0) is 9.59 Å². The molecule has 112 valence electrons. The van der Waals surface area contributed by atoms with Crippen molar-refractivity contribution in [3.63, 3.8) is 0 Å². The van der Waals surface area contributed by atoms with E-state index in [1.807, 2.05) is 4.90 Å². The molecule has 1 heterocycles. The number of amides is 2. The second-order valence-electron chi connectivity index (χ2n) is 7.40. The van der Waals surface area contributed by atoms with Crippen LogP contribution in [0.3, 0.4) is 0 Å². The molecular formula is C16H26N2O2. The summed E-state index contributed by atoms with van der Waals surface area (Å²) < 4.78 is 0. The molecule has 3 aliphatic rings. The van der Waals surface area contributed by atoms with Gasteiger partial charge in [-0.1, -0.05) is 20.3 Å². The third-order valence-corrected chi connectivity index (χ3v) is 5.33. The predicted molar refractivity (Wildman–Crippen MR) is 76.9 cm³/mol. The minimum atomic E-state index is -0.296. The highest BCUT2D eigenvalue weighted by Crippen LogP contribution is 2.48. The van der Waals surface area contributed by atoms with Crippen LogP contribution in [0.2, 0.25) is 0 Å². The molecule has 1 saturated heterocycles. The fourth-order valence-corrected chi connectivity index (χ4v) is 4.44. The summed E-state index contributed by atoms with van der Waals surface area (Å²) in [5, 5.41) is 2.86. The molecule has 2 bridgehead atoms. The lowest BCUT2D eigenvalue weighted by Crippen LogP contribution is -2.59. The summed E-state index contributed by atoms with van der Waals surface area (Å²) in [5.74, 6) is 2.92. The second-order valence-corrected chi connectivity index (χ2v) is 7.40. The Kier molecular flexibility index (Phi) is 3.74. The Hall–Kier alpha value is -1.06. The molecule has 0 aromatic carbocycles. The molecule has 20 heavy (non-hydrogen) atoms. The Morgan fingerprint density at radius 3 is 2.65 bits per heavy atom. The maximum absolute atomic E-state index is 12.5. The van der Waals surface area contributed by atoms with Crippen molar-refractivity contribution in [2.24, 2.45) is 23.7 Å². The zero-order valence-corrected chi connectivity index (χ0v) is 12.6.